The van der Waals surface area contributed by atoms with E-state index < -0.39 is 0 Å². The van der Waals surface area contributed by atoms with Crippen molar-refractivity contribution in [2.24, 2.45) is 5.34 Å². The molecule has 0 atom stereocenters. The third-order valence-electron chi connectivity index (χ3n) is 4.00. The Balaban J connectivity index is 1.93. The average Bonchev–Trinajstić information content (AvgIpc) is 2.38. The molecule has 0 aliphatic heterocycles. The first kappa shape index (κ1) is 11.8. The van der Waals surface area contributed by atoms with Crippen molar-refractivity contribution < 1.29 is 4.94 Å². The molecule has 0 saturated heterocycles. The predicted octanol–water partition coefficient (Wildman–Crippen LogP) is 3.57. The van der Waals surface area contributed by atoms with Gasteiger partial charge in [0.15, 0.2) is 5.34 Å². The van der Waals surface area contributed by atoms with Crippen molar-refractivity contribution in [1.82, 2.24) is 5.06 Å². The standard InChI is InChI=1S/C12H22N2O2/c15-13-16-14(11-7-3-1-4-8-11)12-9-5-2-6-10-12/h11-12H,1-10H2. The molecule has 0 aromatic carbocycles. The number of hydrogen-bond donors (Lipinski definition) is 0. The van der Waals surface area contributed by atoms with Crippen LogP contribution in [0.1, 0.15) is 64.2 Å². The fourth-order valence-corrected chi connectivity index (χ4v) is 3.14. The minimum Gasteiger partial charge on any atom is -0.260 e. The van der Waals surface area contributed by atoms with Crippen LogP contribution in [0.15, 0.2) is 5.34 Å². The van der Waals surface area contributed by atoms with E-state index >= 15 is 0 Å². The van der Waals surface area contributed by atoms with E-state index in [0.717, 1.165) is 25.7 Å². The van der Waals surface area contributed by atoms with E-state index in [-0.39, 0.29) is 0 Å². The van der Waals surface area contributed by atoms with Gasteiger partial charge in [-0.15, -0.1) is 9.97 Å². The molecule has 0 unspecified atom stereocenters. The van der Waals surface area contributed by atoms with Crippen LogP contribution in [0.4, 0.5) is 0 Å². The maximum absolute atomic E-state index is 10.4. The van der Waals surface area contributed by atoms with Gasteiger partial charge in [-0.05, 0) is 25.7 Å². The van der Waals surface area contributed by atoms with Gasteiger partial charge in [0.25, 0.3) is 0 Å². The monoisotopic (exact) mass is 226 g/mol. The number of hydrogen-bond acceptors (Lipinski definition) is 4. The quantitative estimate of drug-likeness (QED) is 0.543. The summed E-state index contributed by atoms with van der Waals surface area (Å²) < 4.78 is 0. The summed E-state index contributed by atoms with van der Waals surface area (Å²) in [6.45, 7) is 0. The molecule has 0 radical (unpaired) electrons. The minimum atomic E-state index is 0.426. The van der Waals surface area contributed by atoms with Gasteiger partial charge in [0.2, 0.25) is 0 Å². The first-order chi connectivity index (χ1) is 7.92. The van der Waals surface area contributed by atoms with Crippen LogP contribution in [0, 0.1) is 4.91 Å². The molecule has 0 spiro atoms. The molecule has 0 bridgehead atoms. The normalized spacial score (nSPS) is 24.6. The van der Waals surface area contributed by atoms with Crippen molar-refractivity contribution in [3.63, 3.8) is 0 Å². The van der Waals surface area contributed by atoms with Crippen LogP contribution in [-0.4, -0.2) is 17.1 Å². The summed E-state index contributed by atoms with van der Waals surface area (Å²) in [5.74, 6) is 0. The number of rotatable bonds is 4. The van der Waals surface area contributed by atoms with Crippen LogP contribution in [0.3, 0.4) is 0 Å². The van der Waals surface area contributed by atoms with E-state index in [1.165, 1.54) is 38.5 Å². The summed E-state index contributed by atoms with van der Waals surface area (Å²) in [5, 5.41) is 4.58. The maximum atomic E-state index is 10.4. The van der Waals surface area contributed by atoms with Crippen molar-refractivity contribution in [3.05, 3.63) is 4.91 Å². The van der Waals surface area contributed by atoms with Gasteiger partial charge in [0.1, 0.15) is 0 Å². The highest BCUT2D eigenvalue weighted by molar-refractivity contribution is 4.79. The predicted molar refractivity (Wildman–Crippen MR) is 62.5 cm³/mol. The molecule has 0 aromatic rings. The highest BCUT2D eigenvalue weighted by atomic mass is 16.9. The van der Waals surface area contributed by atoms with Crippen LogP contribution in [0.25, 0.3) is 0 Å². The maximum Gasteiger partial charge on any atom is 0.176 e. The highest BCUT2D eigenvalue weighted by Crippen LogP contribution is 2.30. The van der Waals surface area contributed by atoms with Gasteiger partial charge in [-0.2, -0.15) is 0 Å². The second-order valence-electron chi connectivity index (χ2n) is 5.10. The Morgan fingerprint density at radius 2 is 1.25 bits per heavy atom. The van der Waals surface area contributed by atoms with Crippen LogP contribution in [0.2, 0.25) is 0 Å². The largest absolute Gasteiger partial charge is 0.260 e. The molecule has 2 aliphatic rings. The smallest absolute Gasteiger partial charge is 0.176 e. The third-order valence-corrected chi connectivity index (χ3v) is 4.00. The van der Waals surface area contributed by atoms with Gasteiger partial charge in [0, 0.05) is 12.1 Å². The lowest BCUT2D eigenvalue weighted by Gasteiger charge is -2.37. The summed E-state index contributed by atoms with van der Waals surface area (Å²) in [6, 6.07) is 0.851. The van der Waals surface area contributed by atoms with Crippen molar-refractivity contribution in [2.75, 3.05) is 0 Å². The van der Waals surface area contributed by atoms with E-state index in [9.17, 15) is 4.91 Å². The SMILES string of the molecule is O=NON(C1CCCCC1)C1CCCCC1. The molecule has 0 amide bonds. The van der Waals surface area contributed by atoms with E-state index in [4.69, 9.17) is 4.94 Å². The molecule has 16 heavy (non-hydrogen) atoms. The van der Waals surface area contributed by atoms with Crippen molar-refractivity contribution in [2.45, 2.75) is 76.3 Å². The summed E-state index contributed by atoms with van der Waals surface area (Å²) >= 11 is 0. The molecule has 0 N–H and O–H groups in total. The molecule has 2 aliphatic carbocycles. The van der Waals surface area contributed by atoms with E-state index in [0.29, 0.717) is 12.1 Å². The van der Waals surface area contributed by atoms with E-state index in [2.05, 4.69) is 5.34 Å². The van der Waals surface area contributed by atoms with E-state index in [1.54, 1.807) is 0 Å². The van der Waals surface area contributed by atoms with Crippen LogP contribution < -0.4 is 0 Å². The van der Waals surface area contributed by atoms with Gasteiger partial charge >= 0.3 is 0 Å². The fraction of sp³-hybridized carbons (Fsp3) is 1.00. The Morgan fingerprint density at radius 3 is 1.62 bits per heavy atom. The third kappa shape index (κ3) is 2.94. The Hall–Kier alpha value is -0.640. The van der Waals surface area contributed by atoms with Gasteiger partial charge in [-0.25, -0.2) is 0 Å². The zero-order valence-corrected chi connectivity index (χ0v) is 9.94. The zero-order valence-electron chi connectivity index (χ0n) is 9.94. The first-order valence-corrected chi connectivity index (χ1v) is 6.70. The Kier molecular flexibility index (Phi) is 4.57. The van der Waals surface area contributed by atoms with Gasteiger partial charge in [-0.1, -0.05) is 38.5 Å². The molecule has 92 valence electrons. The van der Waals surface area contributed by atoms with Crippen molar-refractivity contribution in [1.29, 1.82) is 0 Å². The molecular weight excluding hydrogens is 204 g/mol. The average molecular weight is 226 g/mol. The molecule has 2 saturated carbocycles. The summed E-state index contributed by atoms with van der Waals surface area (Å²) in [5.41, 5.74) is 0. The minimum absolute atomic E-state index is 0.426. The molecule has 0 heterocycles. The van der Waals surface area contributed by atoms with Crippen LogP contribution >= 0.6 is 0 Å². The lowest BCUT2D eigenvalue weighted by molar-refractivity contribution is -0.225. The van der Waals surface area contributed by atoms with Gasteiger partial charge < -0.3 is 0 Å². The number of nitrogens with zero attached hydrogens (tertiary/aromatic N) is 2. The Bertz CT molecular complexity index is 193. The molecular formula is C12H22N2O2. The molecule has 4 heteroatoms. The molecule has 0 aromatic heterocycles. The molecule has 2 rings (SSSR count). The highest BCUT2D eigenvalue weighted by Gasteiger charge is 2.31. The van der Waals surface area contributed by atoms with Crippen molar-refractivity contribution in [3.8, 4) is 0 Å². The molecule has 2 fully saturated rings. The lowest BCUT2D eigenvalue weighted by Crippen LogP contribution is -2.44. The lowest BCUT2D eigenvalue weighted by atomic mass is 9.90. The van der Waals surface area contributed by atoms with Gasteiger partial charge in [-0.3, -0.25) is 4.94 Å². The Labute approximate surface area is 97.2 Å². The van der Waals surface area contributed by atoms with E-state index in [1.807, 2.05) is 5.06 Å². The summed E-state index contributed by atoms with van der Waals surface area (Å²) in [6.07, 6.45) is 12.3. The summed E-state index contributed by atoms with van der Waals surface area (Å²) in [4.78, 5) is 15.4. The second-order valence-corrected chi connectivity index (χ2v) is 5.10. The number of hydroxylamine groups is 2. The van der Waals surface area contributed by atoms with Crippen LogP contribution in [-0.2, 0) is 4.94 Å². The van der Waals surface area contributed by atoms with Gasteiger partial charge in [0.05, 0.1) is 0 Å². The first-order valence-electron chi connectivity index (χ1n) is 6.70. The Morgan fingerprint density at radius 1 is 0.812 bits per heavy atom. The molecule has 4 nitrogen and oxygen atoms in total. The summed E-state index contributed by atoms with van der Waals surface area (Å²) in [7, 11) is 0. The fourth-order valence-electron chi connectivity index (χ4n) is 3.14. The topological polar surface area (TPSA) is 41.9 Å². The second kappa shape index (κ2) is 6.18. The zero-order chi connectivity index (χ0) is 11.2. The van der Waals surface area contributed by atoms with Crippen LogP contribution in [0.5, 0.6) is 0 Å². The van der Waals surface area contributed by atoms with Crippen molar-refractivity contribution >= 4 is 0 Å².